The third kappa shape index (κ3) is 6.08. The Bertz CT molecular complexity index is 596. The van der Waals surface area contributed by atoms with Gasteiger partial charge in [0, 0.05) is 31.1 Å². The molecule has 1 amide bonds. The van der Waals surface area contributed by atoms with Crippen LogP contribution in [0.15, 0.2) is 30.9 Å². The van der Waals surface area contributed by atoms with E-state index < -0.39 is 5.60 Å². The van der Waals surface area contributed by atoms with E-state index in [1.165, 1.54) is 5.56 Å². The molecule has 138 valence electrons. The number of carbonyl (C=O) groups excluding carboxylic acids is 1. The SMILES string of the molecule is C=CCSCCNCc1cccc2c1N(C(=O)OC(C)(C)C)CCC2. The zero-order valence-corrected chi connectivity index (χ0v) is 16.5. The standard InChI is InChI=1S/C20H30N2O2S/c1-5-13-25-14-11-21-15-17-9-6-8-16-10-7-12-22(18(16)17)19(23)24-20(2,3)4/h5-6,8-9,21H,1,7,10-15H2,2-4H3. The van der Waals surface area contributed by atoms with E-state index in [-0.39, 0.29) is 6.09 Å². The molecular formula is C20H30N2O2S. The molecule has 0 aliphatic carbocycles. The summed E-state index contributed by atoms with van der Waals surface area (Å²) in [6.07, 6.45) is 3.66. The molecule has 1 aliphatic heterocycles. The summed E-state index contributed by atoms with van der Waals surface area (Å²) in [7, 11) is 0. The highest BCUT2D eigenvalue weighted by atomic mass is 32.2. The van der Waals surface area contributed by atoms with E-state index in [1.807, 2.05) is 43.5 Å². The Morgan fingerprint density at radius 1 is 1.44 bits per heavy atom. The number of aryl methyl sites for hydroxylation is 1. The first-order chi connectivity index (χ1) is 11.9. The van der Waals surface area contributed by atoms with Gasteiger partial charge in [0.15, 0.2) is 0 Å². The molecule has 5 heteroatoms. The largest absolute Gasteiger partial charge is 0.443 e. The smallest absolute Gasteiger partial charge is 0.414 e. The maximum Gasteiger partial charge on any atom is 0.414 e. The van der Waals surface area contributed by atoms with Crippen molar-refractivity contribution >= 4 is 23.5 Å². The van der Waals surface area contributed by atoms with E-state index in [9.17, 15) is 4.79 Å². The Kier molecular flexibility index (Phi) is 7.38. The number of hydrogen-bond donors (Lipinski definition) is 1. The number of thioether (sulfide) groups is 1. The summed E-state index contributed by atoms with van der Waals surface area (Å²) in [4.78, 5) is 14.5. The zero-order chi connectivity index (χ0) is 18.3. The van der Waals surface area contributed by atoms with Crippen molar-refractivity contribution < 1.29 is 9.53 Å². The Morgan fingerprint density at radius 2 is 2.24 bits per heavy atom. The van der Waals surface area contributed by atoms with Crippen LogP contribution in [0.4, 0.5) is 10.5 Å². The van der Waals surface area contributed by atoms with Crippen LogP contribution < -0.4 is 10.2 Å². The van der Waals surface area contributed by atoms with Crippen LogP contribution in [0.25, 0.3) is 0 Å². The maximum absolute atomic E-state index is 12.6. The molecule has 0 unspecified atom stereocenters. The van der Waals surface area contributed by atoms with Crippen LogP contribution in [0.2, 0.25) is 0 Å². The number of carbonyl (C=O) groups is 1. The lowest BCUT2D eigenvalue weighted by Crippen LogP contribution is -2.40. The lowest BCUT2D eigenvalue weighted by atomic mass is 9.98. The lowest BCUT2D eigenvalue weighted by Gasteiger charge is -2.33. The average Bonchev–Trinajstić information content (AvgIpc) is 2.56. The monoisotopic (exact) mass is 362 g/mol. The van der Waals surface area contributed by atoms with Crippen LogP contribution in [0, 0.1) is 0 Å². The second-order valence-electron chi connectivity index (χ2n) is 7.20. The van der Waals surface area contributed by atoms with Crippen molar-refractivity contribution in [3.05, 3.63) is 42.0 Å². The number of amides is 1. The molecule has 1 aromatic rings. The Hall–Kier alpha value is -1.46. The van der Waals surface area contributed by atoms with E-state index in [4.69, 9.17) is 4.74 Å². The van der Waals surface area contributed by atoms with Gasteiger partial charge in [-0.1, -0.05) is 24.3 Å². The molecule has 25 heavy (non-hydrogen) atoms. The molecule has 0 radical (unpaired) electrons. The average molecular weight is 363 g/mol. The first-order valence-electron chi connectivity index (χ1n) is 8.93. The second-order valence-corrected chi connectivity index (χ2v) is 8.35. The third-order valence-corrected chi connectivity index (χ3v) is 4.85. The minimum absolute atomic E-state index is 0.248. The van der Waals surface area contributed by atoms with Gasteiger partial charge in [0.1, 0.15) is 5.60 Å². The summed E-state index contributed by atoms with van der Waals surface area (Å²) >= 11 is 1.86. The number of benzene rings is 1. The fourth-order valence-electron chi connectivity index (χ4n) is 2.91. The van der Waals surface area contributed by atoms with E-state index >= 15 is 0 Å². The fraction of sp³-hybridized carbons (Fsp3) is 0.550. The topological polar surface area (TPSA) is 41.6 Å². The first-order valence-corrected chi connectivity index (χ1v) is 10.1. The van der Waals surface area contributed by atoms with E-state index in [1.54, 1.807) is 0 Å². The van der Waals surface area contributed by atoms with Crippen LogP contribution in [-0.4, -0.2) is 36.3 Å². The van der Waals surface area contributed by atoms with Crippen molar-refractivity contribution in [1.82, 2.24) is 5.32 Å². The van der Waals surface area contributed by atoms with Crippen LogP contribution in [0.5, 0.6) is 0 Å². The molecule has 0 saturated heterocycles. The van der Waals surface area contributed by atoms with Gasteiger partial charge in [-0.05, 0) is 44.7 Å². The molecule has 0 bridgehead atoms. The van der Waals surface area contributed by atoms with Crippen LogP contribution in [0.1, 0.15) is 38.3 Å². The number of fused-ring (bicyclic) bond motifs is 1. The molecular weight excluding hydrogens is 332 g/mol. The van der Waals surface area contributed by atoms with Gasteiger partial charge in [0.25, 0.3) is 0 Å². The highest BCUT2D eigenvalue weighted by Gasteiger charge is 2.28. The van der Waals surface area contributed by atoms with Gasteiger partial charge in [-0.2, -0.15) is 11.8 Å². The van der Waals surface area contributed by atoms with Gasteiger partial charge in [-0.25, -0.2) is 4.79 Å². The van der Waals surface area contributed by atoms with E-state index in [0.29, 0.717) is 6.54 Å². The van der Waals surface area contributed by atoms with Crippen LogP contribution in [0.3, 0.4) is 0 Å². The third-order valence-electron chi connectivity index (χ3n) is 3.89. The molecule has 0 atom stereocenters. The predicted molar refractivity (Wildman–Crippen MR) is 108 cm³/mol. The number of ether oxygens (including phenoxy) is 1. The van der Waals surface area contributed by atoms with Gasteiger partial charge in [0.05, 0.1) is 5.69 Å². The Labute approximate surface area is 156 Å². The first kappa shape index (κ1) is 19.9. The minimum Gasteiger partial charge on any atom is -0.443 e. The van der Waals surface area contributed by atoms with Crippen molar-refractivity contribution in [2.45, 2.75) is 45.8 Å². The highest BCUT2D eigenvalue weighted by Crippen LogP contribution is 2.32. The molecule has 4 nitrogen and oxygen atoms in total. The Balaban J connectivity index is 2.07. The zero-order valence-electron chi connectivity index (χ0n) is 15.6. The normalized spacial score (nSPS) is 14.1. The maximum atomic E-state index is 12.6. The Morgan fingerprint density at radius 3 is 2.96 bits per heavy atom. The van der Waals surface area contributed by atoms with Crippen molar-refractivity contribution in [2.24, 2.45) is 0 Å². The minimum atomic E-state index is -0.482. The number of nitrogens with one attached hydrogen (secondary N) is 1. The molecule has 0 spiro atoms. The summed E-state index contributed by atoms with van der Waals surface area (Å²) in [5.41, 5.74) is 2.95. The van der Waals surface area contributed by atoms with Crippen molar-refractivity contribution in [3.8, 4) is 0 Å². The predicted octanol–water partition coefficient (Wildman–Crippen LogP) is 4.38. The van der Waals surface area contributed by atoms with Gasteiger partial charge >= 0.3 is 6.09 Å². The summed E-state index contributed by atoms with van der Waals surface area (Å²) < 4.78 is 5.61. The van der Waals surface area contributed by atoms with Crippen LogP contribution in [-0.2, 0) is 17.7 Å². The van der Waals surface area contributed by atoms with Gasteiger partial charge < -0.3 is 10.1 Å². The highest BCUT2D eigenvalue weighted by molar-refractivity contribution is 7.99. The number of hydrogen-bond acceptors (Lipinski definition) is 4. The molecule has 0 aromatic heterocycles. The summed E-state index contributed by atoms with van der Waals surface area (Å²) in [6, 6.07) is 6.31. The van der Waals surface area contributed by atoms with Crippen molar-refractivity contribution in [2.75, 3.05) is 29.5 Å². The number of anilines is 1. The molecule has 1 aromatic carbocycles. The quantitative estimate of drug-likeness (QED) is 0.577. The summed E-state index contributed by atoms with van der Waals surface area (Å²) in [6.45, 7) is 11.9. The molecule has 1 aliphatic rings. The summed E-state index contributed by atoms with van der Waals surface area (Å²) in [5, 5.41) is 3.48. The van der Waals surface area contributed by atoms with E-state index in [2.05, 4.69) is 30.1 Å². The van der Waals surface area contributed by atoms with Crippen molar-refractivity contribution in [1.29, 1.82) is 0 Å². The molecule has 0 fully saturated rings. The van der Waals surface area contributed by atoms with E-state index in [0.717, 1.165) is 48.7 Å². The molecule has 1 N–H and O–H groups in total. The lowest BCUT2D eigenvalue weighted by molar-refractivity contribution is 0.0577. The number of para-hydroxylation sites is 1. The molecule has 0 saturated carbocycles. The summed E-state index contributed by atoms with van der Waals surface area (Å²) in [5.74, 6) is 2.03. The number of rotatable bonds is 7. The molecule has 1 heterocycles. The van der Waals surface area contributed by atoms with Crippen molar-refractivity contribution in [3.63, 3.8) is 0 Å². The van der Waals surface area contributed by atoms with Gasteiger partial charge in [-0.15, -0.1) is 6.58 Å². The second kappa shape index (κ2) is 9.30. The fourth-order valence-corrected chi connectivity index (χ4v) is 3.53. The number of nitrogens with zero attached hydrogens (tertiary/aromatic N) is 1. The van der Waals surface area contributed by atoms with Gasteiger partial charge in [0.2, 0.25) is 0 Å². The molecule has 2 rings (SSSR count). The van der Waals surface area contributed by atoms with Gasteiger partial charge in [-0.3, -0.25) is 4.90 Å². The van der Waals surface area contributed by atoms with Crippen LogP contribution >= 0.6 is 11.8 Å².